The van der Waals surface area contributed by atoms with Crippen molar-refractivity contribution >= 4 is 34.7 Å². The Morgan fingerprint density at radius 2 is 1.35 bits per heavy atom. The highest BCUT2D eigenvalue weighted by atomic mass is 16.5. The van der Waals surface area contributed by atoms with Gasteiger partial charge in [-0.3, -0.25) is 19.3 Å². The van der Waals surface area contributed by atoms with Crippen LogP contribution in [0.1, 0.15) is 10.4 Å². The average Bonchev–Trinajstić information content (AvgIpc) is 2.99. The van der Waals surface area contributed by atoms with E-state index < -0.39 is 23.5 Å². The quantitative estimate of drug-likeness (QED) is 0.366. The van der Waals surface area contributed by atoms with Crippen LogP contribution in [0.3, 0.4) is 0 Å². The highest BCUT2D eigenvalue weighted by molar-refractivity contribution is 6.35. The molecule has 0 N–H and O–H groups in total. The largest absolute Gasteiger partial charge is 0.497 e. The van der Waals surface area contributed by atoms with Gasteiger partial charge in [0.1, 0.15) is 11.4 Å². The van der Waals surface area contributed by atoms with E-state index in [0.717, 1.165) is 0 Å². The van der Waals surface area contributed by atoms with E-state index in [0.29, 0.717) is 28.6 Å². The Morgan fingerprint density at radius 3 is 1.90 bits per heavy atom. The summed E-state index contributed by atoms with van der Waals surface area (Å²) in [6.45, 7) is 0. The minimum Gasteiger partial charge on any atom is -0.497 e. The topological polar surface area (TPSA) is 113 Å². The van der Waals surface area contributed by atoms with Crippen LogP contribution in [0.25, 0.3) is 0 Å². The Labute approximate surface area is 231 Å². The Morgan fingerprint density at radius 1 is 0.725 bits per heavy atom. The molecule has 4 rings (SSSR count). The van der Waals surface area contributed by atoms with Gasteiger partial charge in [-0.25, -0.2) is 0 Å². The van der Waals surface area contributed by atoms with E-state index in [9.17, 15) is 14.4 Å². The van der Waals surface area contributed by atoms with Gasteiger partial charge < -0.3 is 33.3 Å². The number of nitrogens with zero attached hydrogens (tertiary/aromatic N) is 2. The summed E-state index contributed by atoms with van der Waals surface area (Å²) < 4.78 is 32.6. The van der Waals surface area contributed by atoms with E-state index in [4.69, 9.17) is 28.4 Å². The molecule has 1 heterocycles. The number of ether oxygens (including phenoxy) is 6. The summed E-state index contributed by atoms with van der Waals surface area (Å²) in [4.78, 5) is 44.4. The van der Waals surface area contributed by atoms with E-state index in [1.54, 1.807) is 42.5 Å². The summed E-state index contributed by atoms with van der Waals surface area (Å²) >= 11 is 0. The van der Waals surface area contributed by atoms with Crippen LogP contribution in [0.2, 0.25) is 0 Å². The number of carbonyl (C=O) groups excluding carboxylic acids is 3. The predicted molar refractivity (Wildman–Crippen MR) is 147 cm³/mol. The van der Waals surface area contributed by atoms with Crippen LogP contribution in [-0.4, -0.2) is 67.3 Å². The van der Waals surface area contributed by atoms with Gasteiger partial charge in [0.2, 0.25) is 11.7 Å². The normalized spacial score (nSPS) is 14.3. The molecule has 0 saturated carbocycles. The van der Waals surface area contributed by atoms with Gasteiger partial charge >= 0.3 is 0 Å². The van der Waals surface area contributed by atoms with E-state index in [1.165, 1.54) is 65.6 Å². The highest BCUT2D eigenvalue weighted by Gasteiger charge is 2.48. The van der Waals surface area contributed by atoms with Crippen LogP contribution < -0.4 is 38.2 Å². The summed E-state index contributed by atoms with van der Waals surface area (Å²) in [6, 6.07) is 12.9. The number of amides is 2. The number of methoxy groups -OCH3 is 6. The molecule has 1 aliphatic heterocycles. The Kier molecular flexibility index (Phi) is 8.03. The highest BCUT2D eigenvalue weighted by Crippen LogP contribution is 2.52. The average molecular weight is 551 g/mol. The molecule has 0 fully saturated rings. The molecule has 1 aliphatic rings. The molecule has 0 aliphatic carbocycles. The van der Waals surface area contributed by atoms with Crippen molar-refractivity contribution in [1.29, 1.82) is 0 Å². The van der Waals surface area contributed by atoms with Crippen molar-refractivity contribution in [3.63, 3.8) is 0 Å². The van der Waals surface area contributed by atoms with E-state index in [-0.39, 0.29) is 28.5 Å². The van der Waals surface area contributed by atoms with Gasteiger partial charge in [-0.1, -0.05) is 0 Å². The van der Waals surface area contributed by atoms with Crippen molar-refractivity contribution in [2.24, 2.45) is 5.92 Å². The summed E-state index contributed by atoms with van der Waals surface area (Å²) in [6.07, 6.45) is 0. The molecule has 210 valence electrons. The molecule has 1 unspecified atom stereocenters. The molecular weight excluding hydrogens is 520 g/mol. The zero-order valence-electron chi connectivity index (χ0n) is 23.3. The van der Waals surface area contributed by atoms with Crippen molar-refractivity contribution in [1.82, 2.24) is 0 Å². The number of Topliss-reactive ketones (excluding diaryl/α,β-unsaturated/α-hetero) is 1. The second-order valence-electron chi connectivity index (χ2n) is 8.65. The second kappa shape index (κ2) is 11.4. The third-order valence-electron chi connectivity index (χ3n) is 6.68. The fourth-order valence-corrected chi connectivity index (χ4v) is 4.62. The third-order valence-corrected chi connectivity index (χ3v) is 6.68. The van der Waals surface area contributed by atoms with Gasteiger partial charge in [0.05, 0.1) is 53.9 Å². The smallest absolute Gasteiger partial charge is 0.252 e. The van der Waals surface area contributed by atoms with Crippen LogP contribution in [-0.2, 0) is 9.59 Å². The Balaban J connectivity index is 1.94. The van der Waals surface area contributed by atoms with Crippen molar-refractivity contribution < 1.29 is 42.8 Å². The van der Waals surface area contributed by atoms with Crippen LogP contribution >= 0.6 is 0 Å². The van der Waals surface area contributed by atoms with E-state index in [2.05, 4.69) is 0 Å². The van der Waals surface area contributed by atoms with E-state index >= 15 is 0 Å². The first kappa shape index (κ1) is 28.1. The lowest BCUT2D eigenvalue weighted by atomic mass is 9.87. The molecule has 2 amide bonds. The first-order valence-corrected chi connectivity index (χ1v) is 12.1. The minimum absolute atomic E-state index is 0.0466. The lowest BCUT2D eigenvalue weighted by Gasteiger charge is -2.35. The van der Waals surface area contributed by atoms with Crippen LogP contribution in [0, 0.1) is 5.92 Å². The van der Waals surface area contributed by atoms with Gasteiger partial charge in [-0.2, -0.15) is 0 Å². The van der Waals surface area contributed by atoms with Crippen molar-refractivity contribution in [3.05, 3.63) is 54.1 Å². The zero-order chi connectivity index (χ0) is 29.1. The van der Waals surface area contributed by atoms with Crippen molar-refractivity contribution in [2.75, 3.05) is 59.5 Å². The van der Waals surface area contributed by atoms with Crippen molar-refractivity contribution in [3.8, 4) is 34.5 Å². The number of ketones is 1. The molecule has 1 atom stereocenters. The maximum absolute atomic E-state index is 14.2. The van der Waals surface area contributed by atoms with Gasteiger partial charge in [0, 0.05) is 18.8 Å². The standard InChI is InChI=1S/C29H30N2O9/c1-30(16-8-11-18(35-2)12-9-16)28(33)23-25(32)19-15-22(38-5)26(39-6)27(40-7)24(19)31(29(23)34)17-10-13-20(36-3)21(14-17)37-4/h8-15,23H,1-7H3. The molecule has 3 aromatic carbocycles. The Hall–Kier alpha value is -4.93. The van der Waals surface area contributed by atoms with Crippen molar-refractivity contribution in [2.45, 2.75) is 0 Å². The monoisotopic (exact) mass is 550 g/mol. The van der Waals surface area contributed by atoms with Crippen LogP contribution in [0.15, 0.2) is 48.5 Å². The summed E-state index contributed by atoms with van der Waals surface area (Å²) in [7, 11) is 10.2. The lowest BCUT2D eigenvalue weighted by Crippen LogP contribution is -2.50. The molecule has 3 aromatic rings. The Bertz CT molecular complexity index is 1450. The molecule has 40 heavy (non-hydrogen) atoms. The number of rotatable bonds is 9. The van der Waals surface area contributed by atoms with Gasteiger partial charge in [0.25, 0.3) is 5.91 Å². The lowest BCUT2D eigenvalue weighted by molar-refractivity contribution is -0.129. The minimum atomic E-state index is -1.70. The van der Waals surface area contributed by atoms with E-state index in [1.807, 2.05) is 0 Å². The SMILES string of the molecule is COc1ccc(N(C)C(=O)C2C(=O)c3cc(OC)c(OC)c(OC)c3N(c3ccc(OC)c(OC)c3)C2=O)cc1. The number of benzene rings is 3. The predicted octanol–water partition coefficient (Wildman–Crippen LogP) is 3.88. The third kappa shape index (κ3) is 4.59. The molecule has 11 heteroatoms. The number of fused-ring (bicyclic) bond motifs is 1. The number of anilines is 3. The molecule has 0 bridgehead atoms. The number of carbonyl (C=O) groups is 3. The number of hydrogen-bond donors (Lipinski definition) is 0. The molecule has 0 spiro atoms. The second-order valence-corrected chi connectivity index (χ2v) is 8.65. The molecular formula is C29H30N2O9. The van der Waals surface area contributed by atoms with Crippen LogP contribution in [0.5, 0.6) is 34.5 Å². The maximum Gasteiger partial charge on any atom is 0.252 e. The summed E-state index contributed by atoms with van der Waals surface area (Å²) in [5.41, 5.74) is 0.940. The fraction of sp³-hybridized carbons (Fsp3) is 0.276. The van der Waals surface area contributed by atoms with Gasteiger partial charge in [0.15, 0.2) is 34.7 Å². The molecule has 0 aromatic heterocycles. The molecule has 0 saturated heterocycles. The first-order chi connectivity index (χ1) is 19.3. The maximum atomic E-state index is 14.2. The summed E-state index contributed by atoms with van der Waals surface area (Å²) in [5, 5.41) is 0. The van der Waals surface area contributed by atoms with Gasteiger partial charge in [-0.05, 0) is 42.5 Å². The molecule has 11 nitrogen and oxygen atoms in total. The van der Waals surface area contributed by atoms with Gasteiger partial charge in [-0.15, -0.1) is 0 Å². The van der Waals surface area contributed by atoms with Crippen LogP contribution in [0.4, 0.5) is 17.1 Å². The molecule has 0 radical (unpaired) electrons. The zero-order valence-corrected chi connectivity index (χ0v) is 23.3. The fourth-order valence-electron chi connectivity index (χ4n) is 4.62. The first-order valence-electron chi connectivity index (χ1n) is 12.1. The summed E-state index contributed by atoms with van der Waals surface area (Å²) in [5.74, 6) is -2.08. The number of hydrogen-bond acceptors (Lipinski definition) is 9.